The quantitative estimate of drug-likeness (QED) is 0.423. The number of hydrogen-bond acceptors (Lipinski definition) is 1. The molecule has 0 heterocycles. The first-order chi connectivity index (χ1) is 4.72. The van der Waals surface area contributed by atoms with Crippen LogP contribution in [0.4, 0.5) is 0 Å². The lowest BCUT2D eigenvalue weighted by Gasteiger charge is -2.07. The topological polar surface area (TPSA) is 17.1 Å². The van der Waals surface area contributed by atoms with Crippen LogP contribution in [-0.2, 0) is 4.79 Å². The van der Waals surface area contributed by atoms with Crippen LogP contribution < -0.4 is 0 Å². The third kappa shape index (κ3) is 3.44. The predicted molar refractivity (Wildman–Crippen MR) is 43.9 cm³/mol. The average Bonchev–Trinajstić information content (AvgIpc) is 1.98. The standard InChI is InChI=1S/C9H16O/c1-4-5-6-8(2)9(3)7-10/h7-8H,3-6H2,1-2H3. The number of rotatable bonds is 5. The van der Waals surface area contributed by atoms with E-state index in [1.165, 1.54) is 12.8 Å². The summed E-state index contributed by atoms with van der Waals surface area (Å²) in [6.07, 6.45) is 4.33. The van der Waals surface area contributed by atoms with E-state index in [0.717, 1.165) is 18.3 Å². The number of unbranched alkanes of at least 4 members (excludes halogenated alkanes) is 1. The van der Waals surface area contributed by atoms with E-state index in [2.05, 4.69) is 13.5 Å². The van der Waals surface area contributed by atoms with Crippen LogP contribution in [0.3, 0.4) is 0 Å². The van der Waals surface area contributed by atoms with Crippen molar-refractivity contribution in [1.29, 1.82) is 0 Å². The molecule has 1 unspecified atom stereocenters. The molecule has 0 aromatic heterocycles. The normalized spacial score (nSPS) is 12.6. The van der Waals surface area contributed by atoms with Crippen molar-refractivity contribution in [3.63, 3.8) is 0 Å². The summed E-state index contributed by atoms with van der Waals surface area (Å²) in [5.41, 5.74) is 0.730. The lowest BCUT2D eigenvalue weighted by Crippen LogP contribution is -1.98. The molecule has 0 N–H and O–H groups in total. The maximum Gasteiger partial charge on any atom is 0.145 e. The zero-order chi connectivity index (χ0) is 7.98. The first-order valence-electron chi connectivity index (χ1n) is 3.86. The molecule has 1 atom stereocenters. The highest BCUT2D eigenvalue weighted by Gasteiger charge is 2.03. The Morgan fingerprint density at radius 1 is 1.70 bits per heavy atom. The third-order valence-electron chi connectivity index (χ3n) is 1.78. The van der Waals surface area contributed by atoms with Gasteiger partial charge in [0.2, 0.25) is 0 Å². The molecule has 0 aliphatic carbocycles. The van der Waals surface area contributed by atoms with Crippen molar-refractivity contribution in [1.82, 2.24) is 0 Å². The van der Waals surface area contributed by atoms with E-state index in [9.17, 15) is 4.79 Å². The van der Waals surface area contributed by atoms with E-state index in [0.29, 0.717) is 5.92 Å². The van der Waals surface area contributed by atoms with Crippen molar-refractivity contribution in [2.24, 2.45) is 5.92 Å². The molecular weight excluding hydrogens is 124 g/mol. The number of carbonyl (C=O) groups excluding carboxylic acids is 1. The Hall–Kier alpha value is -0.590. The molecule has 0 aliphatic heterocycles. The van der Waals surface area contributed by atoms with Gasteiger partial charge in [-0.25, -0.2) is 0 Å². The first kappa shape index (κ1) is 9.41. The highest BCUT2D eigenvalue weighted by Crippen LogP contribution is 2.13. The second kappa shape index (κ2) is 5.21. The number of hydrogen-bond donors (Lipinski definition) is 0. The highest BCUT2D eigenvalue weighted by atomic mass is 16.1. The Kier molecular flexibility index (Phi) is 4.91. The minimum Gasteiger partial charge on any atom is -0.298 e. The van der Waals surface area contributed by atoms with E-state index >= 15 is 0 Å². The van der Waals surface area contributed by atoms with E-state index < -0.39 is 0 Å². The second-order valence-corrected chi connectivity index (χ2v) is 2.74. The molecule has 0 saturated heterocycles. The number of aldehydes is 1. The monoisotopic (exact) mass is 140 g/mol. The van der Waals surface area contributed by atoms with Gasteiger partial charge >= 0.3 is 0 Å². The van der Waals surface area contributed by atoms with Gasteiger partial charge in [-0.05, 0) is 17.9 Å². The summed E-state index contributed by atoms with van der Waals surface area (Å²) in [5, 5.41) is 0. The number of allylic oxidation sites excluding steroid dienone is 1. The van der Waals surface area contributed by atoms with Crippen LogP contribution in [0.1, 0.15) is 33.1 Å². The Morgan fingerprint density at radius 3 is 2.70 bits per heavy atom. The van der Waals surface area contributed by atoms with E-state index in [-0.39, 0.29) is 0 Å². The molecule has 0 fully saturated rings. The zero-order valence-corrected chi connectivity index (χ0v) is 6.89. The lowest BCUT2D eigenvalue weighted by molar-refractivity contribution is -0.105. The molecule has 0 radical (unpaired) electrons. The van der Waals surface area contributed by atoms with Gasteiger partial charge in [-0.2, -0.15) is 0 Å². The van der Waals surface area contributed by atoms with Crippen molar-refractivity contribution in [3.8, 4) is 0 Å². The van der Waals surface area contributed by atoms with Gasteiger partial charge in [0.1, 0.15) is 6.29 Å². The largest absolute Gasteiger partial charge is 0.298 e. The van der Waals surface area contributed by atoms with Gasteiger partial charge < -0.3 is 0 Å². The van der Waals surface area contributed by atoms with Gasteiger partial charge in [-0.3, -0.25) is 4.79 Å². The van der Waals surface area contributed by atoms with Crippen LogP contribution in [0.25, 0.3) is 0 Å². The summed E-state index contributed by atoms with van der Waals surface area (Å²) in [7, 11) is 0. The van der Waals surface area contributed by atoms with Crippen LogP contribution in [0, 0.1) is 5.92 Å². The van der Waals surface area contributed by atoms with Gasteiger partial charge in [-0.15, -0.1) is 0 Å². The first-order valence-corrected chi connectivity index (χ1v) is 3.86. The minimum absolute atomic E-state index is 0.373. The summed E-state index contributed by atoms with van der Waals surface area (Å²) in [5.74, 6) is 0.373. The Balaban J connectivity index is 3.51. The van der Waals surface area contributed by atoms with Crippen molar-refractivity contribution in [2.45, 2.75) is 33.1 Å². The fourth-order valence-corrected chi connectivity index (χ4v) is 0.812. The molecule has 58 valence electrons. The Morgan fingerprint density at radius 2 is 2.30 bits per heavy atom. The van der Waals surface area contributed by atoms with Gasteiger partial charge in [-0.1, -0.05) is 33.3 Å². The molecule has 0 aromatic rings. The Labute approximate surface area is 63.1 Å². The van der Waals surface area contributed by atoms with Crippen LogP contribution in [-0.4, -0.2) is 6.29 Å². The van der Waals surface area contributed by atoms with Crippen LogP contribution in [0.5, 0.6) is 0 Å². The van der Waals surface area contributed by atoms with Gasteiger partial charge in [0, 0.05) is 0 Å². The van der Waals surface area contributed by atoms with Gasteiger partial charge in [0.15, 0.2) is 0 Å². The molecule has 0 bridgehead atoms. The molecule has 0 rings (SSSR count). The fraction of sp³-hybridized carbons (Fsp3) is 0.667. The zero-order valence-electron chi connectivity index (χ0n) is 6.89. The lowest BCUT2D eigenvalue weighted by atomic mass is 9.98. The summed E-state index contributed by atoms with van der Waals surface area (Å²) >= 11 is 0. The molecule has 10 heavy (non-hydrogen) atoms. The molecule has 0 aromatic carbocycles. The SMILES string of the molecule is C=C(C=O)C(C)CCCC. The molecule has 1 heteroatoms. The smallest absolute Gasteiger partial charge is 0.145 e. The van der Waals surface area contributed by atoms with Crippen LogP contribution >= 0.6 is 0 Å². The van der Waals surface area contributed by atoms with E-state index in [1.54, 1.807) is 0 Å². The summed E-state index contributed by atoms with van der Waals surface area (Å²) in [4.78, 5) is 10.2. The molecular formula is C9H16O. The van der Waals surface area contributed by atoms with Gasteiger partial charge in [0.05, 0.1) is 0 Å². The van der Waals surface area contributed by atoms with Crippen molar-refractivity contribution in [2.75, 3.05) is 0 Å². The number of carbonyl (C=O) groups is 1. The molecule has 0 aliphatic rings. The Bertz CT molecular complexity index is 116. The maximum absolute atomic E-state index is 10.2. The molecule has 0 amide bonds. The molecule has 0 saturated carbocycles. The summed E-state index contributed by atoms with van der Waals surface area (Å²) < 4.78 is 0. The summed E-state index contributed by atoms with van der Waals surface area (Å²) in [6, 6.07) is 0. The fourth-order valence-electron chi connectivity index (χ4n) is 0.812. The summed E-state index contributed by atoms with van der Waals surface area (Å²) in [6.45, 7) is 7.86. The molecule has 0 spiro atoms. The maximum atomic E-state index is 10.2. The second-order valence-electron chi connectivity index (χ2n) is 2.74. The van der Waals surface area contributed by atoms with Gasteiger partial charge in [0.25, 0.3) is 0 Å². The highest BCUT2D eigenvalue weighted by molar-refractivity contribution is 5.72. The molecule has 1 nitrogen and oxygen atoms in total. The van der Waals surface area contributed by atoms with Crippen LogP contribution in [0.15, 0.2) is 12.2 Å². The van der Waals surface area contributed by atoms with Crippen molar-refractivity contribution >= 4 is 6.29 Å². The average molecular weight is 140 g/mol. The van der Waals surface area contributed by atoms with E-state index in [1.807, 2.05) is 6.92 Å². The predicted octanol–water partition coefficient (Wildman–Crippen LogP) is 2.57. The third-order valence-corrected chi connectivity index (χ3v) is 1.78. The van der Waals surface area contributed by atoms with Crippen molar-refractivity contribution in [3.05, 3.63) is 12.2 Å². The van der Waals surface area contributed by atoms with Crippen molar-refractivity contribution < 1.29 is 4.79 Å². The van der Waals surface area contributed by atoms with Crippen LogP contribution in [0.2, 0.25) is 0 Å². The minimum atomic E-state index is 0.373. The van der Waals surface area contributed by atoms with E-state index in [4.69, 9.17) is 0 Å².